The summed E-state index contributed by atoms with van der Waals surface area (Å²) in [4.78, 5) is 13.0. The van der Waals surface area contributed by atoms with E-state index in [9.17, 15) is 13.2 Å². The molecular formula is C25H29N3O4S. The molecule has 3 aromatic rings. The van der Waals surface area contributed by atoms with Crippen molar-refractivity contribution in [3.63, 3.8) is 0 Å². The minimum atomic E-state index is -3.89. The van der Waals surface area contributed by atoms with Crippen molar-refractivity contribution in [2.45, 2.75) is 57.4 Å². The third kappa shape index (κ3) is 4.39. The van der Waals surface area contributed by atoms with Crippen LogP contribution in [-0.4, -0.2) is 25.3 Å². The zero-order valence-electron chi connectivity index (χ0n) is 19.2. The Labute approximate surface area is 194 Å². The molecule has 33 heavy (non-hydrogen) atoms. The molecule has 1 aromatic heterocycles. The van der Waals surface area contributed by atoms with Crippen molar-refractivity contribution >= 4 is 15.7 Å². The molecule has 0 fully saturated rings. The number of hydrogen-bond acceptors (Lipinski definition) is 5. The van der Waals surface area contributed by atoms with Crippen molar-refractivity contribution in [3.8, 4) is 17.0 Å². The van der Waals surface area contributed by atoms with Crippen LogP contribution >= 0.6 is 0 Å². The molecule has 0 aliphatic heterocycles. The Bertz CT molecular complexity index is 1350. The van der Waals surface area contributed by atoms with Crippen molar-refractivity contribution in [1.29, 1.82) is 0 Å². The second-order valence-corrected chi connectivity index (χ2v) is 9.77. The number of methoxy groups -OCH3 is 1. The number of benzene rings is 2. The fraction of sp³-hybridized carbons (Fsp3) is 0.360. The molecule has 0 unspecified atom stereocenters. The molecule has 1 aliphatic rings. The minimum Gasteiger partial charge on any atom is -0.495 e. The number of para-hydroxylation sites is 2. The molecule has 1 heterocycles. The number of nitrogens with zero attached hydrogens (tertiary/aromatic N) is 2. The standard InChI is InChI=1S/C25H29N3O4S/c1-4-17-14-15-18(24-19-10-6-7-11-20(19)25(29)28(5-2)26-24)16-23(17)33(30,31)27-21-12-8-9-13-22(21)32-3/h8-9,12-16,27H,4-7,10-11H2,1-3H3. The van der Waals surface area contributed by atoms with Gasteiger partial charge in [-0.15, -0.1) is 0 Å². The van der Waals surface area contributed by atoms with Crippen LogP contribution in [0, 0.1) is 0 Å². The summed E-state index contributed by atoms with van der Waals surface area (Å²) in [6.45, 7) is 4.28. The topological polar surface area (TPSA) is 90.3 Å². The summed E-state index contributed by atoms with van der Waals surface area (Å²) in [5.74, 6) is 0.445. The van der Waals surface area contributed by atoms with E-state index < -0.39 is 10.0 Å². The highest BCUT2D eigenvalue weighted by atomic mass is 32.2. The van der Waals surface area contributed by atoms with Gasteiger partial charge >= 0.3 is 0 Å². The third-order valence-electron chi connectivity index (χ3n) is 6.13. The lowest BCUT2D eigenvalue weighted by Gasteiger charge is -2.21. The van der Waals surface area contributed by atoms with Gasteiger partial charge in [0.2, 0.25) is 0 Å². The molecule has 4 rings (SSSR count). The second kappa shape index (κ2) is 9.39. The maximum atomic E-state index is 13.5. The predicted molar refractivity (Wildman–Crippen MR) is 129 cm³/mol. The van der Waals surface area contributed by atoms with Crippen LogP contribution < -0.4 is 15.0 Å². The number of nitrogens with one attached hydrogen (secondary N) is 1. The Morgan fingerprint density at radius 3 is 2.48 bits per heavy atom. The number of rotatable bonds is 7. The van der Waals surface area contributed by atoms with Crippen molar-refractivity contribution < 1.29 is 13.2 Å². The Kier molecular flexibility index (Phi) is 6.56. The van der Waals surface area contributed by atoms with Crippen LogP contribution in [0.15, 0.2) is 52.2 Å². The molecule has 0 saturated heterocycles. The average Bonchev–Trinajstić information content (AvgIpc) is 2.84. The number of anilines is 1. The van der Waals surface area contributed by atoms with Crippen molar-refractivity contribution in [1.82, 2.24) is 9.78 Å². The first kappa shape index (κ1) is 23.0. The van der Waals surface area contributed by atoms with Gasteiger partial charge in [0.15, 0.2) is 0 Å². The molecule has 0 amide bonds. The molecule has 0 atom stereocenters. The minimum absolute atomic E-state index is 0.0354. The van der Waals surface area contributed by atoms with E-state index in [1.165, 1.54) is 11.8 Å². The Morgan fingerprint density at radius 2 is 1.79 bits per heavy atom. The zero-order chi connectivity index (χ0) is 23.6. The van der Waals surface area contributed by atoms with Gasteiger partial charge in [0.25, 0.3) is 15.6 Å². The van der Waals surface area contributed by atoms with E-state index in [-0.39, 0.29) is 10.5 Å². The lowest BCUT2D eigenvalue weighted by molar-refractivity contribution is 0.417. The van der Waals surface area contributed by atoms with Crippen LogP contribution in [0.2, 0.25) is 0 Å². The molecule has 0 bridgehead atoms. The molecule has 174 valence electrons. The van der Waals surface area contributed by atoms with Gasteiger partial charge in [-0.1, -0.05) is 31.2 Å². The van der Waals surface area contributed by atoms with E-state index in [0.29, 0.717) is 41.2 Å². The Morgan fingerprint density at radius 1 is 1.06 bits per heavy atom. The second-order valence-electron chi connectivity index (χ2n) is 8.12. The monoisotopic (exact) mass is 467 g/mol. The number of aryl methyl sites for hydroxylation is 2. The predicted octanol–water partition coefficient (Wildman–Crippen LogP) is 4.18. The van der Waals surface area contributed by atoms with E-state index >= 15 is 0 Å². The zero-order valence-corrected chi connectivity index (χ0v) is 20.0. The van der Waals surface area contributed by atoms with E-state index in [1.807, 2.05) is 26.0 Å². The maximum Gasteiger partial charge on any atom is 0.270 e. The Hall–Kier alpha value is -3.13. The third-order valence-corrected chi connectivity index (χ3v) is 7.58. The van der Waals surface area contributed by atoms with Crippen LogP contribution in [0.5, 0.6) is 5.75 Å². The molecule has 1 aliphatic carbocycles. The van der Waals surface area contributed by atoms with Crippen LogP contribution in [0.4, 0.5) is 5.69 Å². The molecule has 0 saturated carbocycles. The summed E-state index contributed by atoms with van der Waals surface area (Å²) in [7, 11) is -2.39. The van der Waals surface area contributed by atoms with Crippen LogP contribution in [0.25, 0.3) is 11.3 Å². The highest BCUT2D eigenvalue weighted by Crippen LogP contribution is 2.32. The van der Waals surface area contributed by atoms with Crippen molar-refractivity contribution in [2.75, 3.05) is 11.8 Å². The quantitative estimate of drug-likeness (QED) is 0.563. The smallest absolute Gasteiger partial charge is 0.270 e. The average molecular weight is 468 g/mol. The van der Waals surface area contributed by atoms with E-state index in [1.54, 1.807) is 30.3 Å². The van der Waals surface area contributed by atoms with E-state index in [0.717, 1.165) is 36.8 Å². The largest absolute Gasteiger partial charge is 0.495 e. The number of hydrogen-bond donors (Lipinski definition) is 1. The van der Waals surface area contributed by atoms with E-state index in [4.69, 9.17) is 4.74 Å². The van der Waals surface area contributed by atoms with Gasteiger partial charge in [-0.2, -0.15) is 5.10 Å². The Balaban J connectivity index is 1.86. The maximum absolute atomic E-state index is 13.5. The normalized spacial score (nSPS) is 13.4. The van der Waals surface area contributed by atoms with Gasteiger partial charge in [0.05, 0.1) is 23.4 Å². The fourth-order valence-corrected chi connectivity index (χ4v) is 5.81. The lowest BCUT2D eigenvalue weighted by Crippen LogP contribution is -2.30. The summed E-state index contributed by atoms with van der Waals surface area (Å²) in [6.07, 6.45) is 4.03. The summed E-state index contributed by atoms with van der Waals surface area (Å²) in [5.41, 5.74) is 4.20. The van der Waals surface area contributed by atoms with Gasteiger partial charge in [0.1, 0.15) is 5.75 Å². The molecule has 1 N–H and O–H groups in total. The highest BCUT2D eigenvalue weighted by molar-refractivity contribution is 7.92. The first-order valence-electron chi connectivity index (χ1n) is 11.3. The first-order valence-corrected chi connectivity index (χ1v) is 12.8. The fourth-order valence-electron chi connectivity index (χ4n) is 4.40. The van der Waals surface area contributed by atoms with Crippen molar-refractivity contribution in [3.05, 3.63) is 69.5 Å². The molecular weight excluding hydrogens is 438 g/mol. The van der Waals surface area contributed by atoms with Gasteiger partial charge in [-0.05, 0) is 68.4 Å². The van der Waals surface area contributed by atoms with Crippen LogP contribution in [0.1, 0.15) is 43.4 Å². The molecule has 2 aromatic carbocycles. The number of sulfonamides is 1. The van der Waals surface area contributed by atoms with Crippen molar-refractivity contribution in [2.24, 2.45) is 0 Å². The SMILES string of the molecule is CCc1ccc(-c2nn(CC)c(=O)c3c2CCCC3)cc1S(=O)(=O)Nc1ccccc1OC. The number of aromatic nitrogens is 2. The van der Waals surface area contributed by atoms with Gasteiger partial charge in [-0.3, -0.25) is 9.52 Å². The molecule has 7 nitrogen and oxygen atoms in total. The summed E-state index contributed by atoms with van der Waals surface area (Å²) in [5, 5.41) is 4.63. The van der Waals surface area contributed by atoms with Crippen LogP contribution in [-0.2, 0) is 35.8 Å². The highest BCUT2D eigenvalue weighted by Gasteiger charge is 2.24. The summed E-state index contributed by atoms with van der Waals surface area (Å²) < 4.78 is 36.4. The molecule has 8 heteroatoms. The van der Waals surface area contributed by atoms with Gasteiger partial charge < -0.3 is 4.74 Å². The van der Waals surface area contributed by atoms with E-state index in [2.05, 4.69) is 9.82 Å². The number of ether oxygens (including phenoxy) is 1. The van der Waals surface area contributed by atoms with Crippen LogP contribution in [0.3, 0.4) is 0 Å². The van der Waals surface area contributed by atoms with Gasteiger partial charge in [0, 0.05) is 17.7 Å². The molecule has 0 spiro atoms. The summed E-state index contributed by atoms with van der Waals surface area (Å²) >= 11 is 0. The molecule has 0 radical (unpaired) electrons. The van der Waals surface area contributed by atoms with Gasteiger partial charge in [-0.25, -0.2) is 13.1 Å². The summed E-state index contributed by atoms with van der Waals surface area (Å²) in [6, 6.07) is 12.3. The first-order chi connectivity index (χ1) is 15.9. The number of fused-ring (bicyclic) bond motifs is 1. The lowest BCUT2D eigenvalue weighted by atomic mass is 9.89.